The highest BCUT2D eigenvalue weighted by atomic mass is 16.3. The van der Waals surface area contributed by atoms with Crippen molar-refractivity contribution in [1.82, 2.24) is 15.5 Å². The van der Waals surface area contributed by atoms with Crippen LogP contribution in [0.1, 0.15) is 17.9 Å². The number of furan rings is 1. The molecule has 1 aliphatic rings. The number of hydrogen-bond acceptors (Lipinski definition) is 4. The minimum atomic E-state index is 0.0857. The summed E-state index contributed by atoms with van der Waals surface area (Å²) in [5, 5.41) is 6.17. The molecule has 1 saturated heterocycles. The summed E-state index contributed by atoms with van der Waals surface area (Å²) >= 11 is 0. The molecule has 0 bridgehead atoms. The lowest BCUT2D eigenvalue weighted by Gasteiger charge is -2.26. The summed E-state index contributed by atoms with van der Waals surface area (Å²) in [6, 6.07) is 3.80. The van der Waals surface area contributed by atoms with Gasteiger partial charge in [-0.2, -0.15) is 0 Å². The third kappa shape index (κ3) is 4.16. The Balaban J connectivity index is 1.62. The average Bonchev–Trinajstić information content (AvgIpc) is 2.81. The normalized spacial score (nSPS) is 16.7. The quantitative estimate of drug-likeness (QED) is 0.800. The molecule has 2 N–H and O–H groups in total. The number of nitrogens with zero attached hydrogens (tertiary/aromatic N) is 1. The van der Waals surface area contributed by atoms with Crippen molar-refractivity contribution in [2.75, 3.05) is 32.7 Å². The van der Waals surface area contributed by atoms with Gasteiger partial charge in [-0.1, -0.05) is 0 Å². The van der Waals surface area contributed by atoms with Crippen molar-refractivity contribution in [3.63, 3.8) is 0 Å². The lowest BCUT2D eigenvalue weighted by atomic mass is 10.3. The maximum Gasteiger partial charge on any atom is 0.221 e. The van der Waals surface area contributed by atoms with Crippen LogP contribution in [0.2, 0.25) is 0 Å². The second-order valence-corrected chi connectivity index (χ2v) is 4.63. The first-order chi connectivity index (χ1) is 8.74. The van der Waals surface area contributed by atoms with E-state index in [2.05, 4.69) is 15.5 Å². The van der Waals surface area contributed by atoms with Crippen molar-refractivity contribution in [2.45, 2.75) is 19.9 Å². The van der Waals surface area contributed by atoms with Crippen LogP contribution in [-0.2, 0) is 11.3 Å². The summed E-state index contributed by atoms with van der Waals surface area (Å²) < 4.78 is 5.39. The Kier molecular flexibility index (Phi) is 4.78. The lowest BCUT2D eigenvalue weighted by molar-refractivity contribution is -0.121. The summed E-state index contributed by atoms with van der Waals surface area (Å²) in [5.74, 6) is 1.77. The summed E-state index contributed by atoms with van der Waals surface area (Å²) in [7, 11) is 0. The molecular formula is C13H21N3O2. The summed E-state index contributed by atoms with van der Waals surface area (Å²) in [5.41, 5.74) is 0. The Labute approximate surface area is 108 Å². The van der Waals surface area contributed by atoms with Gasteiger partial charge in [0.15, 0.2) is 0 Å². The van der Waals surface area contributed by atoms with Crippen LogP contribution in [0.25, 0.3) is 0 Å². The van der Waals surface area contributed by atoms with E-state index in [4.69, 9.17) is 4.42 Å². The number of carbonyl (C=O) groups excluding carboxylic acids is 1. The number of amides is 1. The lowest BCUT2D eigenvalue weighted by Crippen LogP contribution is -2.44. The van der Waals surface area contributed by atoms with Crippen molar-refractivity contribution in [1.29, 1.82) is 0 Å². The van der Waals surface area contributed by atoms with Gasteiger partial charge in [0.25, 0.3) is 0 Å². The Hall–Kier alpha value is -1.33. The van der Waals surface area contributed by atoms with Crippen molar-refractivity contribution in [3.05, 3.63) is 23.7 Å². The van der Waals surface area contributed by atoms with Crippen molar-refractivity contribution in [3.8, 4) is 0 Å². The number of rotatable bonds is 5. The molecule has 1 aromatic heterocycles. The SMILES string of the molecule is Cc1ccc(CNC(=O)CCN2CCNCC2)o1. The van der Waals surface area contributed by atoms with Crippen LogP contribution in [0.4, 0.5) is 0 Å². The van der Waals surface area contributed by atoms with Crippen LogP contribution in [0.5, 0.6) is 0 Å². The predicted molar refractivity (Wildman–Crippen MR) is 69.2 cm³/mol. The standard InChI is InChI=1S/C13H21N3O2/c1-11-2-3-12(18-11)10-15-13(17)4-7-16-8-5-14-6-9-16/h2-3,14H,4-10H2,1H3,(H,15,17). The molecule has 5 nitrogen and oxygen atoms in total. The molecule has 1 fully saturated rings. The van der Waals surface area contributed by atoms with Crippen molar-refractivity contribution >= 4 is 5.91 Å². The Morgan fingerprint density at radius 2 is 2.22 bits per heavy atom. The second-order valence-electron chi connectivity index (χ2n) is 4.63. The maximum absolute atomic E-state index is 11.7. The minimum absolute atomic E-state index is 0.0857. The molecule has 1 aromatic rings. The molecule has 5 heteroatoms. The molecule has 0 atom stereocenters. The average molecular weight is 251 g/mol. The van der Waals surface area contributed by atoms with Crippen LogP contribution >= 0.6 is 0 Å². The van der Waals surface area contributed by atoms with E-state index in [1.54, 1.807) is 0 Å². The molecule has 100 valence electrons. The number of aryl methyl sites for hydroxylation is 1. The van der Waals surface area contributed by atoms with Crippen LogP contribution < -0.4 is 10.6 Å². The van der Waals surface area contributed by atoms with E-state index in [-0.39, 0.29) is 5.91 Å². The van der Waals surface area contributed by atoms with Gasteiger partial charge in [-0.3, -0.25) is 4.79 Å². The minimum Gasteiger partial charge on any atom is -0.465 e. The van der Waals surface area contributed by atoms with Gasteiger partial charge in [0.05, 0.1) is 6.54 Å². The summed E-state index contributed by atoms with van der Waals surface area (Å²) in [4.78, 5) is 14.0. The van der Waals surface area contributed by atoms with E-state index in [1.165, 1.54) is 0 Å². The number of hydrogen-bond donors (Lipinski definition) is 2. The van der Waals surface area contributed by atoms with Gasteiger partial charge in [-0.25, -0.2) is 0 Å². The topological polar surface area (TPSA) is 57.5 Å². The fourth-order valence-corrected chi connectivity index (χ4v) is 2.05. The molecule has 1 aliphatic heterocycles. The zero-order valence-corrected chi connectivity index (χ0v) is 10.9. The monoisotopic (exact) mass is 251 g/mol. The highest BCUT2D eigenvalue weighted by Gasteiger charge is 2.11. The molecule has 0 aromatic carbocycles. The predicted octanol–water partition coefficient (Wildman–Crippen LogP) is 0.500. The Morgan fingerprint density at radius 3 is 2.89 bits per heavy atom. The Bertz CT molecular complexity index is 383. The van der Waals surface area contributed by atoms with Gasteiger partial charge in [0, 0.05) is 39.1 Å². The zero-order valence-electron chi connectivity index (χ0n) is 10.9. The van der Waals surface area contributed by atoms with E-state index in [1.807, 2.05) is 19.1 Å². The summed E-state index contributed by atoms with van der Waals surface area (Å²) in [6.07, 6.45) is 0.555. The summed E-state index contributed by atoms with van der Waals surface area (Å²) in [6.45, 7) is 7.32. The van der Waals surface area contributed by atoms with E-state index < -0.39 is 0 Å². The molecule has 0 spiro atoms. The molecular weight excluding hydrogens is 230 g/mol. The third-order valence-corrected chi connectivity index (χ3v) is 3.12. The van der Waals surface area contributed by atoms with Gasteiger partial charge < -0.3 is 20.0 Å². The van der Waals surface area contributed by atoms with Crippen LogP contribution in [0.3, 0.4) is 0 Å². The van der Waals surface area contributed by atoms with E-state index in [0.29, 0.717) is 13.0 Å². The number of piperazine rings is 1. The van der Waals surface area contributed by atoms with Gasteiger partial charge in [-0.15, -0.1) is 0 Å². The van der Waals surface area contributed by atoms with Crippen molar-refractivity contribution < 1.29 is 9.21 Å². The molecule has 0 aliphatic carbocycles. The third-order valence-electron chi connectivity index (χ3n) is 3.12. The molecule has 2 heterocycles. The van der Waals surface area contributed by atoms with Crippen LogP contribution in [-0.4, -0.2) is 43.5 Å². The van der Waals surface area contributed by atoms with Gasteiger partial charge in [-0.05, 0) is 19.1 Å². The maximum atomic E-state index is 11.7. The van der Waals surface area contributed by atoms with Gasteiger partial charge in [0.1, 0.15) is 11.5 Å². The smallest absolute Gasteiger partial charge is 0.221 e. The molecule has 2 rings (SSSR count). The first kappa shape index (κ1) is 13.1. The molecule has 0 saturated carbocycles. The van der Waals surface area contributed by atoms with Gasteiger partial charge >= 0.3 is 0 Å². The highest BCUT2D eigenvalue weighted by molar-refractivity contribution is 5.75. The first-order valence-corrected chi connectivity index (χ1v) is 6.49. The van der Waals surface area contributed by atoms with E-state index >= 15 is 0 Å². The van der Waals surface area contributed by atoms with Crippen LogP contribution in [0, 0.1) is 6.92 Å². The van der Waals surface area contributed by atoms with Crippen LogP contribution in [0.15, 0.2) is 16.5 Å². The first-order valence-electron chi connectivity index (χ1n) is 6.49. The zero-order chi connectivity index (χ0) is 12.8. The fourth-order valence-electron chi connectivity index (χ4n) is 2.05. The van der Waals surface area contributed by atoms with Gasteiger partial charge in [0.2, 0.25) is 5.91 Å². The number of nitrogens with one attached hydrogen (secondary N) is 2. The second kappa shape index (κ2) is 6.56. The molecule has 1 amide bonds. The van der Waals surface area contributed by atoms with E-state index in [9.17, 15) is 4.79 Å². The highest BCUT2D eigenvalue weighted by Crippen LogP contribution is 2.05. The molecule has 0 unspecified atom stereocenters. The van der Waals surface area contributed by atoms with Crippen molar-refractivity contribution in [2.24, 2.45) is 0 Å². The molecule has 18 heavy (non-hydrogen) atoms. The molecule has 0 radical (unpaired) electrons. The van der Waals surface area contributed by atoms with E-state index in [0.717, 1.165) is 44.2 Å². The fraction of sp³-hybridized carbons (Fsp3) is 0.615. The largest absolute Gasteiger partial charge is 0.465 e. The Morgan fingerprint density at radius 1 is 1.44 bits per heavy atom. The number of carbonyl (C=O) groups is 1.